The molecule has 1 rings (SSSR count). The summed E-state index contributed by atoms with van der Waals surface area (Å²) in [5.41, 5.74) is 0.733. The van der Waals surface area contributed by atoms with E-state index in [2.05, 4.69) is 10.6 Å². The lowest BCUT2D eigenvalue weighted by Crippen LogP contribution is -2.52. The lowest BCUT2D eigenvalue weighted by molar-refractivity contribution is -0.144. The van der Waals surface area contributed by atoms with E-state index in [9.17, 15) is 24.3 Å². The van der Waals surface area contributed by atoms with Gasteiger partial charge in [-0.1, -0.05) is 29.8 Å². The number of aryl methyl sites for hydroxylation is 1. The number of alkyl carbamates (subject to hydrolysis) is 1. The van der Waals surface area contributed by atoms with E-state index in [0.29, 0.717) is 5.56 Å². The van der Waals surface area contributed by atoms with Gasteiger partial charge in [0.25, 0.3) is 0 Å². The van der Waals surface area contributed by atoms with Crippen LogP contribution in [-0.4, -0.2) is 71.8 Å². The third kappa shape index (κ3) is 9.78. The summed E-state index contributed by atoms with van der Waals surface area (Å²) in [6.07, 6.45) is -0.798. The lowest BCUT2D eigenvalue weighted by atomic mass is 10.0. The molecule has 0 fully saturated rings. The van der Waals surface area contributed by atoms with Gasteiger partial charge in [-0.05, 0) is 47.1 Å². The van der Waals surface area contributed by atoms with Crippen molar-refractivity contribution in [3.8, 4) is 0 Å². The Labute approximate surface area is 201 Å². The molecule has 0 aromatic heterocycles. The molecule has 2 unspecified atom stereocenters. The zero-order valence-corrected chi connectivity index (χ0v) is 20.8. The summed E-state index contributed by atoms with van der Waals surface area (Å²) in [7, 11) is 0. The molecular weight excluding hydrogens is 442 g/mol. The lowest BCUT2D eigenvalue weighted by Gasteiger charge is -2.33. The van der Waals surface area contributed by atoms with Gasteiger partial charge in [0.15, 0.2) is 0 Å². The minimum Gasteiger partial charge on any atom is -0.466 e. The predicted octanol–water partition coefficient (Wildman–Crippen LogP) is 1.84. The van der Waals surface area contributed by atoms with Crippen molar-refractivity contribution in [1.29, 1.82) is 0 Å². The number of aliphatic hydroxyl groups is 1. The molecule has 0 radical (unpaired) electrons. The first kappa shape index (κ1) is 28.9. The molecule has 3 amide bonds. The molecule has 1 aromatic carbocycles. The van der Waals surface area contributed by atoms with Crippen LogP contribution >= 0.6 is 0 Å². The summed E-state index contributed by atoms with van der Waals surface area (Å²) >= 11 is 0. The Morgan fingerprint density at radius 2 is 1.74 bits per heavy atom. The fourth-order valence-electron chi connectivity index (χ4n) is 3.11. The molecule has 2 atom stereocenters. The number of carbonyl (C=O) groups is 4. The topological polar surface area (TPSA) is 134 Å². The van der Waals surface area contributed by atoms with Gasteiger partial charge in [0.1, 0.15) is 17.7 Å². The number of esters is 1. The maximum atomic E-state index is 13.3. The minimum absolute atomic E-state index is 0.0207. The van der Waals surface area contributed by atoms with Gasteiger partial charge in [0, 0.05) is 13.1 Å². The van der Waals surface area contributed by atoms with Gasteiger partial charge in [-0.25, -0.2) is 4.79 Å². The Morgan fingerprint density at radius 3 is 2.26 bits per heavy atom. The summed E-state index contributed by atoms with van der Waals surface area (Å²) in [6.45, 7) is 9.86. The second kappa shape index (κ2) is 13.5. The van der Waals surface area contributed by atoms with Crippen LogP contribution in [0, 0.1) is 6.92 Å². The predicted molar refractivity (Wildman–Crippen MR) is 126 cm³/mol. The molecule has 0 saturated carbocycles. The molecule has 0 saturated heterocycles. The maximum Gasteiger partial charge on any atom is 0.408 e. The standard InChI is InChI=1S/C24H37N3O7/c1-7-33-19(29)12-13-25-21(30)20(18-10-8-16(2)9-11-18)27(14-15-28)22(31)17(3)26-23(32)34-24(4,5)6/h8-11,17,20,28H,7,12-15H2,1-6H3,(H,25,30)(H,26,32). The number of ether oxygens (including phenoxy) is 2. The van der Waals surface area contributed by atoms with Gasteiger partial charge < -0.3 is 30.1 Å². The van der Waals surface area contributed by atoms with Crippen LogP contribution in [0.3, 0.4) is 0 Å². The van der Waals surface area contributed by atoms with E-state index < -0.39 is 48.2 Å². The first-order valence-electron chi connectivity index (χ1n) is 11.3. The van der Waals surface area contributed by atoms with E-state index in [0.717, 1.165) is 5.56 Å². The second-order valence-corrected chi connectivity index (χ2v) is 8.78. The fraction of sp³-hybridized carbons (Fsp3) is 0.583. The van der Waals surface area contributed by atoms with E-state index >= 15 is 0 Å². The van der Waals surface area contributed by atoms with Crippen LogP contribution in [0.1, 0.15) is 58.2 Å². The van der Waals surface area contributed by atoms with Crippen molar-refractivity contribution in [2.75, 3.05) is 26.3 Å². The number of benzene rings is 1. The average molecular weight is 480 g/mol. The molecule has 0 aliphatic carbocycles. The highest BCUT2D eigenvalue weighted by Gasteiger charge is 2.34. The van der Waals surface area contributed by atoms with Crippen LogP contribution in [-0.2, 0) is 23.9 Å². The van der Waals surface area contributed by atoms with Crippen molar-refractivity contribution in [3.63, 3.8) is 0 Å². The van der Waals surface area contributed by atoms with Gasteiger partial charge in [-0.2, -0.15) is 0 Å². The first-order valence-corrected chi connectivity index (χ1v) is 11.3. The molecule has 34 heavy (non-hydrogen) atoms. The molecule has 0 aliphatic heterocycles. The minimum atomic E-state index is -1.09. The van der Waals surface area contributed by atoms with Crippen molar-refractivity contribution in [2.24, 2.45) is 0 Å². The molecule has 10 heteroatoms. The molecular formula is C24H37N3O7. The van der Waals surface area contributed by atoms with E-state index in [-0.39, 0.29) is 26.1 Å². The van der Waals surface area contributed by atoms with Crippen LogP contribution in [0.5, 0.6) is 0 Å². The number of carbonyl (C=O) groups excluding carboxylic acids is 4. The largest absolute Gasteiger partial charge is 0.466 e. The van der Waals surface area contributed by atoms with Gasteiger partial charge >= 0.3 is 12.1 Å². The Morgan fingerprint density at radius 1 is 1.12 bits per heavy atom. The SMILES string of the molecule is CCOC(=O)CCNC(=O)C(c1ccc(C)cc1)N(CCO)C(=O)C(C)NC(=O)OC(C)(C)C. The number of nitrogens with zero attached hydrogens (tertiary/aromatic N) is 1. The molecule has 0 bridgehead atoms. The van der Waals surface area contributed by atoms with Crippen molar-refractivity contribution in [1.82, 2.24) is 15.5 Å². The normalized spacial score (nSPS) is 12.8. The zero-order chi connectivity index (χ0) is 25.9. The van der Waals surface area contributed by atoms with E-state index in [1.165, 1.54) is 11.8 Å². The van der Waals surface area contributed by atoms with Crippen LogP contribution in [0.2, 0.25) is 0 Å². The number of nitrogens with one attached hydrogen (secondary N) is 2. The van der Waals surface area contributed by atoms with E-state index in [4.69, 9.17) is 9.47 Å². The zero-order valence-electron chi connectivity index (χ0n) is 20.8. The van der Waals surface area contributed by atoms with Gasteiger partial charge in [0.2, 0.25) is 11.8 Å². The molecule has 190 valence electrons. The van der Waals surface area contributed by atoms with Crippen molar-refractivity contribution >= 4 is 23.9 Å². The van der Waals surface area contributed by atoms with Gasteiger partial charge in [-0.15, -0.1) is 0 Å². The van der Waals surface area contributed by atoms with Gasteiger partial charge in [-0.3, -0.25) is 14.4 Å². The third-order valence-corrected chi connectivity index (χ3v) is 4.61. The van der Waals surface area contributed by atoms with Crippen molar-refractivity contribution in [2.45, 2.75) is 65.6 Å². The van der Waals surface area contributed by atoms with Crippen LogP contribution < -0.4 is 10.6 Å². The highest BCUT2D eigenvalue weighted by atomic mass is 16.6. The molecule has 3 N–H and O–H groups in total. The average Bonchev–Trinajstić information content (AvgIpc) is 2.73. The van der Waals surface area contributed by atoms with Crippen molar-refractivity contribution < 1.29 is 33.8 Å². The molecule has 1 aromatic rings. The number of hydrogen-bond donors (Lipinski definition) is 3. The summed E-state index contributed by atoms with van der Waals surface area (Å²) in [6, 6.07) is 4.92. The quantitative estimate of drug-likeness (QED) is 0.412. The highest BCUT2D eigenvalue weighted by molar-refractivity contribution is 5.92. The molecule has 0 heterocycles. The summed E-state index contributed by atoms with van der Waals surface area (Å²) < 4.78 is 10.1. The summed E-state index contributed by atoms with van der Waals surface area (Å²) in [5.74, 6) is -1.56. The Hall–Kier alpha value is -3.14. The summed E-state index contributed by atoms with van der Waals surface area (Å²) in [5, 5.41) is 14.8. The molecule has 10 nitrogen and oxygen atoms in total. The van der Waals surface area contributed by atoms with Gasteiger partial charge in [0.05, 0.1) is 19.6 Å². The smallest absolute Gasteiger partial charge is 0.408 e. The monoisotopic (exact) mass is 479 g/mol. The van der Waals surface area contributed by atoms with Crippen molar-refractivity contribution in [3.05, 3.63) is 35.4 Å². The Balaban J connectivity index is 3.13. The fourth-order valence-corrected chi connectivity index (χ4v) is 3.11. The number of aliphatic hydroxyl groups excluding tert-OH is 1. The van der Waals surface area contributed by atoms with Crippen LogP contribution in [0.25, 0.3) is 0 Å². The van der Waals surface area contributed by atoms with E-state index in [1.54, 1.807) is 52.0 Å². The van der Waals surface area contributed by atoms with Crippen LogP contribution in [0.15, 0.2) is 24.3 Å². The van der Waals surface area contributed by atoms with Crippen LogP contribution in [0.4, 0.5) is 4.79 Å². The number of rotatable bonds is 11. The Bertz CT molecular complexity index is 834. The highest BCUT2D eigenvalue weighted by Crippen LogP contribution is 2.23. The van der Waals surface area contributed by atoms with E-state index in [1.807, 2.05) is 6.92 Å². The Kier molecular flexibility index (Phi) is 11.5. The number of hydrogen-bond acceptors (Lipinski definition) is 7. The molecule has 0 aliphatic rings. The first-order chi connectivity index (χ1) is 15.9. The molecule has 0 spiro atoms. The number of amides is 3. The second-order valence-electron chi connectivity index (χ2n) is 8.78. The maximum absolute atomic E-state index is 13.3. The summed E-state index contributed by atoms with van der Waals surface area (Å²) in [4.78, 5) is 51.4. The third-order valence-electron chi connectivity index (χ3n) is 4.61.